The Morgan fingerprint density at radius 1 is 0.667 bits per heavy atom. The maximum Gasteiger partial charge on any atom is 0.146 e. The minimum absolute atomic E-state index is 0.280. The van der Waals surface area contributed by atoms with Gasteiger partial charge in [-0.25, -0.2) is 15.0 Å². The lowest BCUT2D eigenvalue weighted by atomic mass is 10.5. The molecule has 6 nitrogen and oxygen atoms in total. The van der Waals surface area contributed by atoms with E-state index in [2.05, 4.69) is 15.0 Å². The summed E-state index contributed by atoms with van der Waals surface area (Å²) in [6.45, 7) is 0.841. The third-order valence-corrected chi connectivity index (χ3v) is 1.32. The summed E-state index contributed by atoms with van der Waals surface area (Å²) in [5, 5.41) is 0. The molecule has 1 aromatic heterocycles. The van der Waals surface area contributed by atoms with Crippen LogP contribution in [0.5, 0.6) is 0 Å². The van der Waals surface area contributed by atoms with E-state index in [0.29, 0.717) is 17.5 Å². The van der Waals surface area contributed by atoms with Crippen molar-refractivity contribution >= 4 is 0 Å². The van der Waals surface area contributed by atoms with Crippen molar-refractivity contribution in [2.75, 3.05) is 0 Å². The van der Waals surface area contributed by atoms with E-state index in [1.165, 1.54) is 0 Å². The first kappa shape index (κ1) is 8.98. The van der Waals surface area contributed by atoms with Crippen molar-refractivity contribution in [3.05, 3.63) is 17.5 Å². The maximum atomic E-state index is 5.36. The molecule has 0 spiro atoms. The zero-order chi connectivity index (χ0) is 8.97. The Morgan fingerprint density at radius 3 is 1.08 bits per heavy atom. The van der Waals surface area contributed by atoms with Crippen LogP contribution in [-0.2, 0) is 19.6 Å². The first-order chi connectivity index (χ1) is 5.80. The minimum Gasteiger partial charge on any atom is -0.324 e. The zero-order valence-corrected chi connectivity index (χ0v) is 6.70. The topological polar surface area (TPSA) is 117 Å². The summed E-state index contributed by atoms with van der Waals surface area (Å²) in [6.07, 6.45) is 0. The summed E-state index contributed by atoms with van der Waals surface area (Å²) in [4.78, 5) is 12.0. The molecule has 6 N–H and O–H groups in total. The Labute approximate surface area is 70.2 Å². The third-order valence-electron chi connectivity index (χ3n) is 1.32. The lowest BCUT2D eigenvalue weighted by Gasteiger charge is -2.01. The van der Waals surface area contributed by atoms with E-state index in [1.54, 1.807) is 0 Å². The quantitative estimate of drug-likeness (QED) is 0.492. The normalized spacial score (nSPS) is 10.2. The highest BCUT2D eigenvalue weighted by molar-refractivity contribution is 4.96. The highest BCUT2D eigenvalue weighted by Crippen LogP contribution is 1.94. The molecule has 0 bridgehead atoms. The van der Waals surface area contributed by atoms with Gasteiger partial charge in [0.25, 0.3) is 0 Å². The molecule has 0 radical (unpaired) electrons. The largest absolute Gasteiger partial charge is 0.324 e. The molecular weight excluding hydrogens is 156 g/mol. The summed E-state index contributed by atoms with van der Waals surface area (Å²) >= 11 is 0. The van der Waals surface area contributed by atoms with Crippen LogP contribution in [0.2, 0.25) is 0 Å². The van der Waals surface area contributed by atoms with E-state index in [4.69, 9.17) is 17.2 Å². The Morgan fingerprint density at radius 2 is 0.917 bits per heavy atom. The number of hydrogen-bond donors (Lipinski definition) is 3. The molecule has 6 heteroatoms. The van der Waals surface area contributed by atoms with Gasteiger partial charge in [-0.05, 0) is 0 Å². The second kappa shape index (κ2) is 4.05. The molecule has 12 heavy (non-hydrogen) atoms. The fourth-order valence-electron chi connectivity index (χ4n) is 0.796. The molecule has 1 rings (SSSR count). The third kappa shape index (κ3) is 1.94. The van der Waals surface area contributed by atoms with E-state index in [-0.39, 0.29) is 19.6 Å². The second-order valence-corrected chi connectivity index (χ2v) is 2.20. The summed E-state index contributed by atoms with van der Waals surface area (Å²) in [7, 11) is 0. The van der Waals surface area contributed by atoms with Gasteiger partial charge in [0, 0.05) is 0 Å². The Bertz CT molecular complexity index is 205. The molecule has 0 aliphatic heterocycles. The van der Waals surface area contributed by atoms with E-state index in [0.717, 1.165) is 0 Å². The molecule has 0 aliphatic rings. The Hall–Kier alpha value is -1.11. The van der Waals surface area contributed by atoms with Gasteiger partial charge in [0.15, 0.2) is 0 Å². The van der Waals surface area contributed by atoms with Crippen LogP contribution in [0.15, 0.2) is 0 Å². The van der Waals surface area contributed by atoms with Gasteiger partial charge in [0.1, 0.15) is 17.5 Å². The molecule has 66 valence electrons. The molecule has 0 saturated carbocycles. The van der Waals surface area contributed by atoms with Crippen LogP contribution < -0.4 is 17.2 Å². The Kier molecular flexibility index (Phi) is 3.03. The minimum atomic E-state index is 0.280. The molecule has 0 fully saturated rings. The monoisotopic (exact) mass is 168 g/mol. The van der Waals surface area contributed by atoms with Crippen molar-refractivity contribution < 1.29 is 0 Å². The maximum absolute atomic E-state index is 5.36. The summed E-state index contributed by atoms with van der Waals surface area (Å²) in [5.74, 6) is 1.60. The predicted molar refractivity (Wildman–Crippen MR) is 43.5 cm³/mol. The Balaban J connectivity index is 3.01. The van der Waals surface area contributed by atoms with Crippen molar-refractivity contribution in [2.45, 2.75) is 19.6 Å². The van der Waals surface area contributed by atoms with E-state index >= 15 is 0 Å². The number of hydrogen-bond acceptors (Lipinski definition) is 6. The molecular formula is C6H12N6. The van der Waals surface area contributed by atoms with Crippen LogP contribution in [-0.4, -0.2) is 15.0 Å². The van der Waals surface area contributed by atoms with Crippen molar-refractivity contribution in [3.8, 4) is 0 Å². The molecule has 1 aromatic rings. The molecule has 1 heterocycles. The highest BCUT2D eigenvalue weighted by atomic mass is 15.1. The predicted octanol–water partition coefficient (Wildman–Crippen LogP) is -1.75. The van der Waals surface area contributed by atoms with Gasteiger partial charge in [-0.1, -0.05) is 0 Å². The second-order valence-electron chi connectivity index (χ2n) is 2.20. The molecule has 0 amide bonds. The van der Waals surface area contributed by atoms with Gasteiger partial charge < -0.3 is 17.2 Å². The van der Waals surface area contributed by atoms with Crippen LogP contribution >= 0.6 is 0 Å². The molecule has 0 saturated heterocycles. The first-order valence-corrected chi connectivity index (χ1v) is 3.63. The number of rotatable bonds is 3. The SMILES string of the molecule is NCc1nc(CN)nc(CN)n1. The summed E-state index contributed by atoms with van der Waals surface area (Å²) < 4.78 is 0. The summed E-state index contributed by atoms with van der Waals surface area (Å²) in [5.41, 5.74) is 16.1. The van der Waals surface area contributed by atoms with Crippen molar-refractivity contribution in [1.82, 2.24) is 15.0 Å². The number of nitrogens with zero attached hydrogens (tertiary/aromatic N) is 3. The smallest absolute Gasteiger partial charge is 0.146 e. The van der Waals surface area contributed by atoms with Gasteiger partial charge in [-0.15, -0.1) is 0 Å². The first-order valence-electron chi connectivity index (χ1n) is 3.63. The van der Waals surface area contributed by atoms with Crippen molar-refractivity contribution in [1.29, 1.82) is 0 Å². The lowest BCUT2D eigenvalue weighted by molar-refractivity contribution is 0.749. The van der Waals surface area contributed by atoms with E-state index in [1.807, 2.05) is 0 Å². The fourth-order valence-corrected chi connectivity index (χ4v) is 0.796. The molecule has 0 aromatic carbocycles. The van der Waals surface area contributed by atoms with Gasteiger partial charge in [-0.2, -0.15) is 0 Å². The highest BCUT2D eigenvalue weighted by Gasteiger charge is 2.01. The van der Waals surface area contributed by atoms with Crippen LogP contribution in [0.25, 0.3) is 0 Å². The number of nitrogens with two attached hydrogens (primary N) is 3. The molecule has 0 atom stereocenters. The zero-order valence-electron chi connectivity index (χ0n) is 6.70. The summed E-state index contributed by atoms with van der Waals surface area (Å²) in [6, 6.07) is 0. The van der Waals surface area contributed by atoms with Crippen molar-refractivity contribution in [3.63, 3.8) is 0 Å². The lowest BCUT2D eigenvalue weighted by Crippen LogP contribution is -2.15. The van der Waals surface area contributed by atoms with Crippen molar-refractivity contribution in [2.24, 2.45) is 17.2 Å². The van der Waals surface area contributed by atoms with Gasteiger partial charge >= 0.3 is 0 Å². The van der Waals surface area contributed by atoms with E-state index < -0.39 is 0 Å². The van der Waals surface area contributed by atoms with Crippen LogP contribution in [0.3, 0.4) is 0 Å². The van der Waals surface area contributed by atoms with Gasteiger partial charge in [0.05, 0.1) is 19.6 Å². The average molecular weight is 168 g/mol. The molecule has 0 aliphatic carbocycles. The number of aromatic nitrogens is 3. The van der Waals surface area contributed by atoms with E-state index in [9.17, 15) is 0 Å². The van der Waals surface area contributed by atoms with Gasteiger partial charge in [0.2, 0.25) is 0 Å². The average Bonchev–Trinajstić information content (AvgIpc) is 2.16. The van der Waals surface area contributed by atoms with Gasteiger partial charge in [-0.3, -0.25) is 0 Å². The van der Waals surface area contributed by atoms with Crippen LogP contribution in [0.4, 0.5) is 0 Å². The van der Waals surface area contributed by atoms with Crippen LogP contribution in [0, 0.1) is 0 Å². The fraction of sp³-hybridized carbons (Fsp3) is 0.500. The molecule has 0 unspecified atom stereocenters. The standard InChI is InChI=1S/C6H12N6/c7-1-4-10-5(2-8)12-6(3-9)11-4/h1-3,7-9H2. The van der Waals surface area contributed by atoms with Crippen LogP contribution in [0.1, 0.15) is 17.5 Å².